The van der Waals surface area contributed by atoms with Gasteiger partial charge in [-0.2, -0.15) is 0 Å². The molecule has 78 valence electrons. The Morgan fingerprint density at radius 2 is 1.71 bits per heavy atom. The first-order valence-electron chi connectivity index (χ1n) is 5.01. The minimum atomic E-state index is -0.747. The van der Waals surface area contributed by atoms with Crippen LogP contribution in [0.4, 0.5) is 0 Å². The van der Waals surface area contributed by atoms with Crippen LogP contribution in [0.1, 0.15) is 31.1 Å². The Bertz CT molecular complexity index is 264. The number of aliphatic hydroxyl groups excluding tert-OH is 2. The first-order valence-corrected chi connectivity index (χ1v) is 5.01. The largest absolute Gasteiger partial charge is 0.393 e. The molecule has 0 heterocycles. The lowest BCUT2D eigenvalue weighted by Crippen LogP contribution is -2.02. The molecule has 0 saturated heterocycles. The predicted octanol–water partition coefficient (Wildman–Crippen LogP) is 1.91. The van der Waals surface area contributed by atoms with Gasteiger partial charge in [-0.05, 0) is 23.5 Å². The second kappa shape index (κ2) is 5.13. The van der Waals surface area contributed by atoms with Crippen LogP contribution in [0.15, 0.2) is 24.3 Å². The maximum Gasteiger partial charge on any atom is 0.102 e. The molecule has 0 spiro atoms. The smallest absolute Gasteiger partial charge is 0.102 e. The van der Waals surface area contributed by atoms with Gasteiger partial charge in [0.15, 0.2) is 0 Å². The lowest BCUT2D eigenvalue weighted by atomic mass is 10.0. The third-order valence-corrected chi connectivity index (χ3v) is 2.18. The van der Waals surface area contributed by atoms with Crippen molar-refractivity contribution in [3.8, 4) is 0 Å². The Labute approximate surface area is 85.2 Å². The molecule has 0 saturated carbocycles. The van der Waals surface area contributed by atoms with E-state index in [1.54, 1.807) is 0 Å². The minimum absolute atomic E-state index is 0.219. The van der Waals surface area contributed by atoms with Crippen LogP contribution in [0.2, 0.25) is 0 Å². The summed E-state index contributed by atoms with van der Waals surface area (Å²) < 4.78 is 0. The molecule has 1 aromatic rings. The summed E-state index contributed by atoms with van der Waals surface area (Å²) in [6.45, 7) is 4.14. The van der Waals surface area contributed by atoms with Crippen molar-refractivity contribution in [1.82, 2.24) is 0 Å². The fourth-order valence-corrected chi connectivity index (χ4v) is 1.45. The molecule has 0 aliphatic heterocycles. The Morgan fingerprint density at radius 3 is 2.14 bits per heavy atom. The van der Waals surface area contributed by atoms with Gasteiger partial charge >= 0.3 is 0 Å². The zero-order chi connectivity index (χ0) is 10.6. The van der Waals surface area contributed by atoms with E-state index in [-0.39, 0.29) is 6.61 Å². The molecule has 0 aliphatic carbocycles. The van der Waals surface area contributed by atoms with E-state index in [1.807, 2.05) is 24.3 Å². The molecule has 1 rings (SSSR count). The van der Waals surface area contributed by atoms with E-state index >= 15 is 0 Å². The van der Waals surface area contributed by atoms with Gasteiger partial charge in [-0.1, -0.05) is 38.1 Å². The van der Waals surface area contributed by atoms with Crippen molar-refractivity contribution in [2.45, 2.75) is 26.4 Å². The molecule has 1 aromatic carbocycles. The highest BCUT2D eigenvalue weighted by Crippen LogP contribution is 2.15. The molecule has 0 fully saturated rings. The van der Waals surface area contributed by atoms with Crippen LogP contribution < -0.4 is 0 Å². The standard InChI is InChI=1S/C12H18O2/c1-9(2)7-10-3-5-11(6-4-10)12(14)8-13/h3-6,9,12-14H,7-8H2,1-2H3. The van der Waals surface area contributed by atoms with Crippen molar-refractivity contribution < 1.29 is 10.2 Å². The summed E-state index contributed by atoms with van der Waals surface area (Å²) in [4.78, 5) is 0. The van der Waals surface area contributed by atoms with Gasteiger partial charge in [0.2, 0.25) is 0 Å². The molecular formula is C12H18O2. The number of rotatable bonds is 4. The van der Waals surface area contributed by atoms with E-state index in [9.17, 15) is 5.11 Å². The predicted molar refractivity (Wildman–Crippen MR) is 57.0 cm³/mol. The van der Waals surface area contributed by atoms with E-state index < -0.39 is 6.10 Å². The lowest BCUT2D eigenvalue weighted by Gasteiger charge is -2.09. The number of aliphatic hydroxyl groups is 2. The number of hydrogen-bond donors (Lipinski definition) is 2. The molecule has 1 unspecified atom stereocenters. The summed E-state index contributed by atoms with van der Waals surface area (Å²) in [7, 11) is 0. The molecule has 2 nitrogen and oxygen atoms in total. The first-order chi connectivity index (χ1) is 6.63. The van der Waals surface area contributed by atoms with Crippen molar-refractivity contribution >= 4 is 0 Å². The van der Waals surface area contributed by atoms with Crippen molar-refractivity contribution in [3.05, 3.63) is 35.4 Å². The van der Waals surface area contributed by atoms with Crippen molar-refractivity contribution in [2.24, 2.45) is 5.92 Å². The van der Waals surface area contributed by atoms with Crippen molar-refractivity contribution in [1.29, 1.82) is 0 Å². The molecular weight excluding hydrogens is 176 g/mol. The average molecular weight is 194 g/mol. The third-order valence-electron chi connectivity index (χ3n) is 2.18. The fraction of sp³-hybridized carbons (Fsp3) is 0.500. The zero-order valence-electron chi connectivity index (χ0n) is 8.77. The van der Waals surface area contributed by atoms with E-state index in [0.29, 0.717) is 5.92 Å². The van der Waals surface area contributed by atoms with Gasteiger partial charge in [0.05, 0.1) is 6.61 Å². The molecule has 0 radical (unpaired) electrons. The van der Waals surface area contributed by atoms with Gasteiger partial charge < -0.3 is 10.2 Å². The van der Waals surface area contributed by atoms with Crippen LogP contribution in [-0.2, 0) is 6.42 Å². The normalized spacial score (nSPS) is 13.2. The second-order valence-corrected chi connectivity index (χ2v) is 4.04. The molecule has 2 heteroatoms. The Balaban J connectivity index is 2.68. The number of benzene rings is 1. The molecule has 0 aromatic heterocycles. The summed E-state index contributed by atoms with van der Waals surface area (Å²) in [6, 6.07) is 7.76. The fourth-order valence-electron chi connectivity index (χ4n) is 1.45. The van der Waals surface area contributed by atoms with Crippen molar-refractivity contribution in [3.63, 3.8) is 0 Å². The van der Waals surface area contributed by atoms with Crippen LogP contribution >= 0.6 is 0 Å². The van der Waals surface area contributed by atoms with Crippen LogP contribution in [0.25, 0.3) is 0 Å². The quantitative estimate of drug-likeness (QED) is 0.768. The van der Waals surface area contributed by atoms with E-state index in [0.717, 1.165) is 12.0 Å². The molecule has 1 atom stereocenters. The van der Waals surface area contributed by atoms with Crippen LogP contribution in [-0.4, -0.2) is 16.8 Å². The molecule has 0 amide bonds. The molecule has 14 heavy (non-hydrogen) atoms. The maximum absolute atomic E-state index is 9.35. The Kier molecular flexibility index (Phi) is 4.11. The zero-order valence-corrected chi connectivity index (χ0v) is 8.77. The van der Waals surface area contributed by atoms with Crippen LogP contribution in [0.5, 0.6) is 0 Å². The Morgan fingerprint density at radius 1 is 1.14 bits per heavy atom. The molecule has 0 bridgehead atoms. The van der Waals surface area contributed by atoms with E-state index in [1.165, 1.54) is 5.56 Å². The highest BCUT2D eigenvalue weighted by Gasteiger charge is 2.05. The van der Waals surface area contributed by atoms with Gasteiger partial charge in [0.1, 0.15) is 6.10 Å². The van der Waals surface area contributed by atoms with Gasteiger partial charge in [-0.3, -0.25) is 0 Å². The highest BCUT2D eigenvalue weighted by molar-refractivity contribution is 5.24. The van der Waals surface area contributed by atoms with Gasteiger partial charge in [-0.15, -0.1) is 0 Å². The SMILES string of the molecule is CC(C)Cc1ccc(C(O)CO)cc1. The van der Waals surface area contributed by atoms with Gasteiger partial charge in [-0.25, -0.2) is 0 Å². The summed E-state index contributed by atoms with van der Waals surface area (Å²) in [5.41, 5.74) is 2.05. The average Bonchev–Trinajstić information content (AvgIpc) is 2.17. The summed E-state index contributed by atoms with van der Waals surface area (Å²) in [5.74, 6) is 0.642. The van der Waals surface area contributed by atoms with Gasteiger partial charge in [0.25, 0.3) is 0 Å². The highest BCUT2D eigenvalue weighted by atomic mass is 16.3. The van der Waals surface area contributed by atoms with E-state index in [2.05, 4.69) is 13.8 Å². The third kappa shape index (κ3) is 3.13. The summed E-state index contributed by atoms with van der Waals surface area (Å²) in [5, 5.41) is 18.1. The lowest BCUT2D eigenvalue weighted by molar-refractivity contribution is 0.0956. The van der Waals surface area contributed by atoms with Crippen LogP contribution in [0.3, 0.4) is 0 Å². The monoisotopic (exact) mass is 194 g/mol. The second-order valence-electron chi connectivity index (χ2n) is 4.04. The van der Waals surface area contributed by atoms with Crippen LogP contribution in [0, 0.1) is 5.92 Å². The summed E-state index contributed by atoms with van der Waals surface area (Å²) in [6.07, 6.45) is 0.304. The minimum Gasteiger partial charge on any atom is -0.393 e. The van der Waals surface area contributed by atoms with E-state index in [4.69, 9.17) is 5.11 Å². The molecule has 0 aliphatic rings. The van der Waals surface area contributed by atoms with Crippen molar-refractivity contribution in [2.75, 3.05) is 6.61 Å². The Hall–Kier alpha value is -0.860. The first kappa shape index (κ1) is 11.2. The van der Waals surface area contributed by atoms with Gasteiger partial charge in [0, 0.05) is 0 Å². The summed E-state index contributed by atoms with van der Waals surface area (Å²) >= 11 is 0. The molecule has 2 N–H and O–H groups in total. The number of hydrogen-bond acceptors (Lipinski definition) is 2. The topological polar surface area (TPSA) is 40.5 Å². The maximum atomic E-state index is 9.35.